The normalized spacial score (nSPS) is 17.8. The number of benzene rings is 1. The third kappa shape index (κ3) is 3.48. The topological polar surface area (TPSA) is 104 Å². The van der Waals surface area contributed by atoms with Crippen LogP contribution in [0.15, 0.2) is 23.1 Å². The molecular formula is C14H23N3O3S. The average Bonchev–Trinajstić information content (AvgIpc) is 2.95. The highest BCUT2D eigenvalue weighted by molar-refractivity contribution is 7.89. The van der Waals surface area contributed by atoms with Gasteiger partial charge in [-0.1, -0.05) is 12.8 Å². The van der Waals surface area contributed by atoms with Crippen LogP contribution < -0.4 is 15.8 Å². The molecule has 118 valence electrons. The molecular weight excluding hydrogens is 290 g/mol. The van der Waals surface area contributed by atoms with Crippen LogP contribution in [0.25, 0.3) is 0 Å². The Kier molecular flexibility index (Phi) is 4.75. The summed E-state index contributed by atoms with van der Waals surface area (Å²) >= 11 is 0. The van der Waals surface area contributed by atoms with Crippen molar-refractivity contribution >= 4 is 21.4 Å². The lowest BCUT2D eigenvalue weighted by atomic mass is 9.87. The Labute approximate surface area is 125 Å². The maximum Gasteiger partial charge on any atom is 0.240 e. The van der Waals surface area contributed by atoms with E-state index < -0.39 is 10.0 Å². The maximum absolute atomic E-state index is 11.8. The largest absolute Gasteiger partial charge is 0.397 e. The van der Waals surface area contributed by atoms with Gasteiger partial charge in [-0.25, -0.2) is 13.1 Å². The molecule has 0 aromatic heterocycles. The van der Waals surface area contributed by atoms with Crippen molar-refractivity contribution in [1.82, 2.24) is 4.72 Å². The molecule has 0 aliphatic heterocycles. The quantitative estimate of drug-likeness (QED) is 0.590. The summed E-state index contributed by atoms with van der Waals surface area (Å²) < 4.78 is 25.9. The lowest BCUT2D eigenvalue weighted by Gasteiger charge is -2.27. The predicted octanol–water partition coefficient (Wildman–Crippen LogP) is 1.14. The van der Waals surface area contributed by atoms with Gasteiger partial charge in [0.15, 0.2) is 0 Å². The van der Waals surface area contributed by atoms with Gasteiger partial charge < -0.3 is 16.2 Å². The zero-order chi connectivity index (χ0) is 15.5. The smallest absolute Gasteiger partial charge is 0.240 e. The fourth-order valence-electron chi connectivity index (χ4n) is 2.77. The fraction of sp³-hybridized carbons (Fsp3) is 0.571. The van der Waals surface area contributed by atoms with Crippen LogP contribution in [0.4, 0.5) is 11.4 Å². The van der Waals surface area contributed by atoms with Gasteiger partial charge in [-0.2, -0.15) is 0 Å². The molecule has 21 heavy (non-hydrogen) atoms. The summed E-state index contributed by atoms with van der Waals surface area (Å²) in [5.74, 6) is 0. The van der Waals surface area contributed by atoms with Crippen molar-refractivity contribution in [1.29, 1.82) is 0 Å². The van der Waals surface area contributed by atoms with Crippen LogP contribution in [0.3, 0.4) is 0 Å². The first-order chi connectivity index (χ1) is 9.92. The Hall–Kier alpha value is -1.31. The van der Waals surface area contributed by atoms with Crippen molar-refractivity contribution < 1.29 is 13.5 Å². The number of hydrogen-bond acceptors (Lipinski definition) is 5. The Morgan fingerprint density at radius 1 is 1.33 bits per heavy atom. The number of rotatable bonds is 6. The van der Waals surface area contributed by atoms with Crippen molar-refractivity contribution in [3.8, 4) is 0 Å². The van der Waals surface area contributed by atoms with Crippen molar-refractivity contribution in [2.75, 3.05) is 31.2 Å². The third-order valence-corrected chi connectivity index (χ3v) is 5.67. The molecule has 1 fully saturated rings. The van der Waals surface area contributed by atoms with Crippen molar-refractivity contribution in [3.05, 3.63) is 18.2 Å². The number of anilines is 2. The van der Waals surface area contributed by atoms with Crippen molar-refractivity contribution in [2.24, 2.45) is 5.41 Å². The van der Waals surface area contributed by atoms with E-state index in [1.54, 1.807) is 6.07 Å². The molecule has 1 aromatic rings. The van der Waals surface area contributed by atoms with Gasteiger partial charge in [0.05, 0.1) is 22.9 Å². The lowest BCUT2D eigenvalue weighted by Crippen LogP contribution is -2.30. The molecule has 5 N–H and O–H groups in total. The second-order valence-corrected chi connectivity index (χ2v) is 7.56. The van der Waals surface area contributed by atoms with Gasteiger partial charge in [0, 0.05) is 12.0 Å². The SMILES string of the molecule is CNS(=O)(=O)c1ccc(N)c(NCC2(CO)CCCC2)c1. The minimum Gasteiger partial charge on any atom is -0.397 e. The van der Waals surface area contributed by atoms with Crippen LogP contribution >= 0.6 is 0 Å². The molecule has 1 aliphatic carbocycles. The van der Waals surface area contributed by atoms with Gasteiger partial charge in [0.1, 0.15) is 0 Å². The summed E-state index contributed by atoms with van der Waals surface area (Å²) in [6, 6.07) is 4.58. The summed E-state index contributed by atoms with van der Waals surface area (Å²) in [5.41, 5.74) is 6.87. The van der Waals surface area contributed by atoms with Gasteiger partial charge in [-0.15, -0.1) is 0 Å². The van der Waals surface area contributed by atoms with Crippen molar-refractivity contribution in [3.63, 3.8) is 0 Å². The highest BCUT2D eigenvalue weighted by Crippen LogP contribution is 2.38. The van der Waals surface area contributed by atoms with E-state index in [0.29, 0.717) is 17.9 Å². The minimum absolute atomic E-state index is 0.121. The molecule has 0 bridgehead atoms. The summed E-state index contributed by atoms with van der Waals surface area (Å²) in [7, 11) is -2.12. The molecule has 0 radical (unpaired) electrons. The van der Waals surface area contributed by atoms with E-state index in [0.717, 1.165) is 25.7 Å². The van der Waals surface area contributed by atoms with Gasteiger partial charge in [-0.05, 0) is 38.1 Å². The molecule has 1 aliphatic rings. The van der Waals surface area contributed by atoms with E-state index in [1.807, 2.05) is 0 Å². The predicted molar refractivity (Wildman–Crippen MR) is 83.6 cm³/mol. The van der Waals surface area contributed by atoms with E-state index in [1.165, 1.54) is 19.2 Å². The van der Waals surface area contributed by atoms with Crippen LogP contribution in [0.1, 0.15) is 25.7 Å². The fourth-order valence-corrected chi connectivity index (χ4v) is 3.53. The second kappa shape index (κ2) is 6.21. The summed E-state index contributed by atoms with van der Waals surface area (Å²) in [4.78, 5) is 0.172. The number of sulfonamides is 1. The Bertz CT molecular complexity index is 595. The van der Waals surface area contributed by atoms with E-state index >= 15 is 0 Å². The number of hydrogen-bond donors (Lipinski definition) is 4. The number of aliphatic hydroxyl groups excluding tert-OH is 1. The zero-order valence-corrected chi connectivity index (χ0v) is 13.0. The Balaban J connectivity index is 2.18. The van der Waals surface area contributed by atoms with Gasteiger partial charge in [0.2, 0.25) is 10.0 Å². The first-order valence-electron chi connectivity index (χ1n) is 7.10. The molecule has 0 unspecified atom stereocenters. The molecule has 6 nitrogen and oxygen atoms in total. The van der Waals surface area contributed by atoms with Crippen molar-refractivity contribution in [2.45, 2.75) is 30.6 Å². The number of nitrogens with two attached hydrogens (primary N) is 1. The summed E-state index contributed by atoms with van der Waals surface area (Å²) in [6.45, 7) is 0.727. The van der Waals surface area contributed by atoms with Gasteiger partial charge in [0.25, 0.3) is 0 Å². The standard InChI is InChI=1S/C14H23N3O3S/c1-16-21(19,20)11-4-5-12(15)13(8-11)17-9-14(10-18)6-2-3-7-14/h4-5,8,16-18H,2-3,6-7,9-10,15H2,1H3. The lowest BCUT2D eigenvalue weighted by molar-refractivity contribution is 0.142. The highest BCUT2D eigenvalue weighted by atomic mass is 32.2. The zero-order valence-electron chi connectivity index (χ0n) is 12.2. The minimum atomic E-state index is -3.49. The van der Waals surface area contributed by atoms with Gasteiger partial charge >= 0.3 is 0 Å². The van der Waals surface area contributed by atoms with Crippen LogP contribution in [0, 0.1) is 5.41 Å². The molecule has 7 heteroatoms. The first-order valence-corrected chi connectivity index (χ1v) is 8.59. The number of nitrogen functional groups attached to an aromatic ring is 1. The van der Waals surface area contributed by atoms with E-state index in [2.05, 4.69) is 10.0 Å². The molecule has 1 saturated carbocycles. The van der Waals surface area contributed by atoms with Crippen LogP contribution in [-0.2, 0) is 10.0 Å². The Morgan fingerprint density at radius 2 is 2.00 bits per heavy atom. The number of nitrogens with one attached hydrogen (secondary N) is 2. The Morgan fingerprint density at radius 3 is 2.57 bits per heavy atom. The number of aliphatic hydroxyl groups is 1. The summed E-state index contributed by atoms with van der Waals surface area (Å²) in [5, 5.41) is 12.8. The van der Waals surface area contributed by atoms with Crippen LogP contribution in [0.5, 0.6) is 0 Å². The van der Waals surface area contributed by atoms with Crippen LogP contribution in [-0.4, -0.2) is 33.7 Å². The molecule has 0 atom stereocenters. The van der Waals surface area contributed by atoms with Crippen LogP contribution in [0.2, 0.25) is 0 Å². The van der Waals surface area contributed by atoms with E-state index in [9.17, 15) is 13.5 Å². The molecule has 0 saturated heterocycles. The first kappa shape index (κ1) is 16.1. The molecule has 1 aromatic carbocycles. The second-order valence-electron chi connectivity index (χ2n) is 5.68. The monoisotopic (exact) mass is 313 g/mol. The average molecular weight is 313 g/mol. The highest BCUT2D eigenvalue weighted by Gasteiger charge is 2.33. The third-order valence-electron chi connectivity index (χ3n) is 4.26. The summed E-state index contributed by atoms with van der Waals surface area (Å²) in [6.07, 6.45) is 4.19. The van der Waals surface area contributed by atoms with E-state index in [4.69, 9.17) is 5.73 Å². The van der Waals surface area contributed by atoms with Gasteiger partial charge in [-0.3, -0.25) is 0 Å². The van der Waals surface area contributed by atoms with E-state index in [-0.39, 0.29) is 16.9 Å². The maximum atomic E-state index is 11.8. The molecule has 0 spiro atoms. The molecule has 2 rings (SSSR count). The molecule has 0 heterocycles. The molecule has 0 amide bonds.